The van der Waals surface area contributed by atoms with Crippen LogP contribution in [0.3, 0.4) is 0 Å². The third-order valence-corrected chi connectivity index (χ3v) is 6.75. The molecule has 1 amide bonds. The van der Waals surface area contributed by atoms with Gasteiger partial charge < -0.3 is 15.8 Å². The molecule has 1 atom stereocenters. The maximum absolute atomic E-state index is 12.9. The van der Waals surface area contributed by atoms with Gasteiger partial charge in [-0.2, -0.15) is 5.23 Å². The Morgan fingerprint density at radius 3 is 2.22 bits per heavy atom. The molecule has 0 bridgehead atoms. The number of hydrogen-bond acceptors (Lipinski definition) is 8. The van der Waals surface area contributed by atoms with Gasteiger partial charge in [0.05, 0.1) is 17.0 Å². The Hall–Kier alpha value is -3.44. The van der Waals surface area contributed by atoms with Crippen LogP contribution in [-0.4, -0.2) is 27.7 Å². The Balaban J connectivity index is 1.74. The van der Waals surface area contributed by atoms with Crippen LogP contribution in [0.1, 0.15) is 72.4 Å². The summed E-state index contributed by atoms with van der Waals surface area (Å²) in [4.78, 5) is 42.9. The standard InChI is InChI=1S/C26H30N4O5S/c1-14(2)17-9-8-10-18(15(3)4)23(17)29-25(33)22(32)13-21(31)24-16(5)27-26(36-24)28-19-11-6-7-12-20(19)30(34)35/h6-12,14-15,30,34H,13H2,1-5H3,(H,27,28)(H,29,33). The number of carbonyl (C=O) groups excluding carboxylic acids is 3. The zero-order valence-corrected chi connectivity index (χ0v) is 21.7. The number of anilines is 3. The summed E-state index contributed by atoms with van der Waals surface area (Å²) in [6, 6.07) is 12.1. The number of amides is 1. The van der Waals surface area contributed by atoms with Crippen LogP contribution in [0.4, 0.5) is 22.2 Å². The van der Waals surface area contributed by atoms with Crippen molar-refractivity contribution in [3.8, 4) is 0 Å². The molecule has 190 valence electrons. The highest BCUT2D eigenvalue weighted by atomic mass is 32.1. The SMILES string of the molecule is Cc1nc(Nc2ccccc2[NH+]([O-])O)sc1C(=O)CC(=O)C(=O)Nc1c(C(C)C)cccc1C(C)C. The zero-order chi connectivity index (χ0) is 26.6. The smallest absolute Gasteiger partial charge is 0.292 e. The van der Waals surface area contributed by atoms with E-state index in [9.17, 15) is 24.8 Å². The van der Waals surface area contributed by atoms with E-state index in [-0.39, 0.29) is 22.4 Å². The van der Waals surface area contributed by atoms with E-state index in [1.807, 2.05) is 45.9 Å². The van der Waals surface area contributed by atoms with Gasteiger partial charge in [0.15, 0.2) is 16.6 Å². The third-order valence-electron chi connectivity index (χ3n) is 5.63. The van der Waals surface area contributed by atoms with E-state index < -0.39 is 29.1 Å². The highest BCUT2D eigenvalue weighted by Gasteiger charge is 2.25. The summed E-state index contributed by atoms with van der Waals surface area (Å²) in [6.07, 6.45) is -0.596. The van der Waals surface area contributed by atoms with Crippen molar-refractivity contribution in [2.45, 2.75) is 52.9 Å². The molecular formula is C26H30N4O5S. The number of nitrogens with zero attached hydrogens (tertiary/aromatic N) is 1. The van der Waals surface area contributed by atoms with Crippen molar-refractivity contribution in [1.82, 2.24) is 4.98 Å². The predicted molar refractivity (Wildman–Crippen MR) is 140 cm³/mol. The quantitative estimate of drug-likeness (QED) is 0.135. The summed E-state index contributed by atoms with van der Waals surface area (Å²) in [5.74, 6) is -1.94. The van der Waals surface area contributed by atoms with Crippen LogP contribution in [0.25, 0.3) is 0 Å². The number of ketones is 2. The fourth-order valence-corrected chi connectivity index (χ4v) is 4.70. The number of rotatable bonds is 10. The van der Waals surface area contributed by atoms with Crippen LogP contribution in [0.2, 0.25) is 0 Å². The molecule has 1 heterocycles. The monoisotopic (exact) mass is 510 g/mol. The van der Waals surface area contributed by atoms with Crippen LogP contribution >= 0.6 is 11.3 Å². The summed E-state index contributed by atoms with van der Waals surface area (Å²) in [5, 5.41) is 25.7. The average molecular weight is 511 g/mol. The molecule has 36 heavy (non-hydrogen) atoms. The second-order valence-corrected chi connectivity index (χ2v) is 10.0. The van der Waals surface area contributed by atoms with E-state index in [1.54, 1.807) is 25.1 Å². The lowest BCUT2D eigenvalue weighted by Crippen LogP contribution is -2.99. The molecule has 0 radical (unpaired) electrons. The van der Waals surface area contributed by atoms with Gasteiger partial charge in [-0.25, -0.2) is 10.2 Å². The minimum absolute atomic E-state index is 0.0625. The number of thiazole rings is 1. The molecule has 2 aromatic carbocycles. The molecule has 0 saturated carbocycles. The predicted octanol–water partition coefficient (Wildman–Crippen LogP) is 4.63. The van der Waals surface area contributed by atoms with Crippen molar-refractivity contribution in [3.63, 3.8) is 0 Å². The van der Waals surface area contributed by atoms with Crippen LogP contribution in [-0.2, 0) is 9.59 Å². The maximum atomic E-state index is 12.9. The topological polar surface area (TPSA) is 136 Å². The summed E-state index contributed by atoms with van der Waals surface area (Å²) < 4.78 is 0. The van der Waals surface area contributed by atoms with E-state index in [1.165, 1.54) is 6.07 Å². The molecule has 9 nitrogen and oxygen atoms in total. The third kappa shape index (κ3) is 6.21. The van der Waals surface area contributed by atoms with E-state index in [2.05, 4.69) is 15.6 Å². The van der Waals surface area contributed by atoms with Crippen LogP contribution in [0, 0.1) is 12.1 Å². The van der Waals surface area contributed by atoms with Crippen molar-refractivity contribution in [2.75, 3.05) is 10.6 Å². The Kier molecular flexibility index (Phi) is 8.70. The summed E-state index contributed by atoms with van der Waals surface area (Å²) >= 11 is 1.00. The Labute approximate surface area is 213 Å². The first kappa shape index (κ1) is 27.2. The minimum atomic E-state index is -1.10. The lowest BCUT2D eigenvalue weighted by atomic mass is 9.92. The van der Waals surface area contributed by atoms with Crippen LogP contribution < -0.4 is 15.9 Å². The number of aromatic nitrogens is 1. The second-order valence-electron chi connectivity index (χ2n) is 9.01. The number of aryl methyl sites for hydroxylation is 1. The molecule has 4 N–H and O–H groups in total. The number of nitrogens with one attached hydrogen (secondary N) is 3. The average Bonchev–Trinajstić information content (AvgIpc) is 3.18. The van der Waals surface area contributed by atoms with Gasteiger partial charge in [0.1, 0.15) is 5.69 Å². The van der Waals surface area contributed by atoms with E-state index in [4.69, 9.17) is 0 Å². The fourth-order valence-electron chi connectivity index (χ4n) is 3.79. The van der Waals surface area contributed by atoms with Gasteiger partial charge in [-0.15, -0.1) is 0 Å². The molecule has 3 rings (SSSR count). The molecule has 0 aliphatic carbocycles. The molecular weight excluding hydrogens is 480 g/mol. The first-order valence-corrected chi connectivity index (χ1v) is 12.4. The maximum Gasteiger partial charge on any atom is 0.292 e. The lowest BCUT2D eigenvalue weighted by molar-refractivity contribution is -0.990. The van der Waals surface area contributed by atoms with Crippen LogP contribution in [0.5, 0.6) is 0 Å². The van der Waals surface area contributed by atoms with Gasteiger partial charge >= 0.3 is 0 Å². The first-order valence-electron chi connectivity index (χ1n) is 11.6. The summed E-state index contributed by atoms with van der Waals surface area (Å²) in [7, 11) is 0. The number of benzene rings is 2. The fraction of sp³-hybridized carbons (Fsp3) is 0.308. The number of para-hydroxylation sites is 3. The largest absolute Gasteiger partial charge is 0.595 e. The molecule has 0 saturated heterocycles. The van der Waals surface area contributed by atoms with Crippen LogP contribution in [0.15, 0.2) is 42.5 Å². The zero-order valence-electron chi connectivity index (χ0n) is 20.8. The molecule has 0 fully saturated rings. The minimum Gasteiger partial charge on any atom is -0.595 e. The van der Waals surface area contributed by atoms with Gasteiger partial charge in [0.25, 0.3) is 5.91 Å². The Morgan fingerprint density at radius 2 is 1.64 bits per heavy atom. The molecule has 1 unspecified atom stereocenters. The molecule has 0 spiro atoms. The molecule has 1 aromatic heterocycles. The normalized spacial score (nSPS) is 12.0. The van der Waals surface area contributed by atoms with Crippen molar-refractivity contribution in [2.24, 2.45) is 0 Å². The van der Waals surface area contributed by atoms with Gasteiger partial charge in [-0.05, 0) is 36.0 Å². The van der Waals surface area contributed by atoms with Gasteiger partial charge in [0.2, 0.25) is 5.78 Å². The first-order chi connectivity index (χ1) is 17.0. The van der Waals surface area contributed by atoms with E-state index in [0.29, 0.717) is 22.2 Å². The van der Waals surface area contributed by atoms with Gasteiger partial charge in [-0.1, -0.05) is 69.4 Å². The lowest BCUT2D eigenvalue weighted by Gasteiger charge is -2.19. The molecule has 0 aliphatic heterocycles. The van der Waals surface area contributed by atoms with Gasteiger partial charge in [0, 0.05) is 11.8 Å². The number of carbonyl (C=O) groups is 3. The van der Waals surface area contributed by atoms with Crippen molar-refractivity contribution >= 4 is 51.0 Å². The molecule has 10 heteroatoms. The second kappa shape index (κ2) is 11.5. The highest BCUT2D eigenvalue weighted by molar-refractivity contribution is 7.17. The number of quaternary nitrogens is 1. The highest BCUT2D eigenvalue weighted by Crippen LogP contribution is 2.33. The van der Waals surface area contributed by atoms with Gasteiger partial charge in [-0.3, -0.25) is 14.4 Å². The summed E-state index contributed by atoms with van der Waals surface area (Å²) in [6.45, 7) is 9.65. The van der Waals surface area contributed by atoms with Crippen molar-refractivity contribution in [3.05, 3.63) is 69.4 Å². The van der Waals surface area contributed by atoms with Crippen molar-refractivity contribution in [1.29, 1.82) is 0 Å². The molecule has 0 aliphatic rings. The number of hydrogen-bond donors (Lipinski definition) is 4. The Morgan fingerprint density at radius 1 is 1.03 bits per heavy atom. The molecule has 3 aromatic rings. The number of Topliss-reactive ketones (excluding diaryl/α,β-unsaturated/α-hetero) is 2. The van der Waals surface area contributed by atoms with E-state index in [0.717, 1.165) is 22.5 Å². The summed E-state index contributed by atoms with van der Waals surface area (Å²) in [5.41, 5.74) is 3.24. The Bertz CT molecular complexity index is 1260. The van der Waals surface area contributed by atoms with Crippen molar-refractivity contribution < 1.29 is 24.8 Å². The van der Waals surface area contributed by atoms with E-state index >= 15 is 0 Å².